The molecule has 0 unspecified atom stereocenters. The highest BCUT2D eigenvalue weighted by molar-refractivity contribution is 9.10. The number of rotatable bonds is 2. The Hall–Kier alpha value is -0.870. The summed E-state index contributed by atoms with van der Waals surface area (Å²) >= 11 is 3.43. The van der Waals surface area contributed by atoms with Gasteiger partial charge < -0.3 is 9.80 Å². The Kier molecular flexibility index (Phi) is 4.36. The number of carbonyl (C=O) groups is 1. The Morgan fingerprint density at radius 1 is 1.14 bits per heavy atom. The van der Waals surface area contributed by atoms with Crippen LogP contribution in [0.5, 0.6) is 0 Å². The lowest BCUT2D eigenvalue weighted by Gasteiger charge is -2.37. The predicted molar refractivity (Wildman–Crippen MR) is 88.2 cm³/mol. The Bertz CT molecular complexity index is 506. The standard InChI is InChI=1S/C17H23BrN2O/c1-19-9-6-17(7-10-19)8-11-20(13-17)16(21)12-14-2-4-15(18)5-3-14/h2-5H,6-13H2,1H3. The van der Waals surface area contributed by atoms with E-state index in [2.05, 4.69) is 32.8 Å². The lowest BCUT2D eigenvalue weighted by molar-refractivity contribution is -0.130. The minimum atomic E-state index is 0.285. The molecule has 2 fully saturated rings. The number of piperidine rings is 1. The number of benzene rings is 1. The van der Waals surface area contributed by atoms with E-state index in [0.717, 1.165) is 23.1 Å². The van der Waals surface area contributed by atoms with Crippen molar-refractivity contribution in [3.05, 3.63) is 34.3 Å². The molecule has 3 rings (SSSR count). The zero-order valence-electron chi connectivity index (χ0n) is 12.6. The van der Waals surface area contributed by atoms with Crippen LogP contribution < -0.4 is 0 Å². The highest BCUT2D eigenvalue weighted by atomic mass is 79.9. The molecular formula is C17H23BrN2O. The van der Waals surface area contributed by atoms with Gasteiger partial charge >= 0.3 is 0 Å². The monoisotopic (exact) mass is 350 g/mol. The Balaban J connectivity index is 1.58. The molecule has 1 aromatic rings. The maximum Gasteiger partial charge on any atom is 0.227 e. The Morgan fingerprint density at radius 2 is 1.76 bits per heavy atom. The molecule has 114 valence electrons. The molecule has 0 saturated carbocycles. The van der Waals surface area contributed by atoms with Gasteiger partial charge in [0.25, 0.3) is 0 Å². The van der Waals surface area contributed by atoms with E-state index in [4.69, 9.17) is 0 Å². The Labute approximate surface area is 135 Å². The van der Waals surface area contributed by atoms with E-state index >= 15 is 0 Å². The normalized spacial score (nSPS) is 21.9. The van der Waals surface area contributed by atoms with Gasteiger partial charge in [-0.3, -0.25) is 4.79 Å². The third-order valence-corrected chi connectivity index (χ3v) is 5.64. The van der Waals surface area contributed by atoms with E-state index in [9.17, 15) is 4.79 Å². The molecule has 2 aliphatic heterocycles. The van der Waals surface area contributed by atoms with Crippen LogP contribution in [0, 0.1) is 5.41 Å². The molecule has 1 aromatic carbocycles. The molecular weight excluding hydrogens is 328 g/mol. The summed E-state index contributed by atoms with van der Waals surface area (Å²) < 4.78 is 1.06. The molecule has 0 aliphatic carbocycles. The lowest BCUT2D eigenvalue weighted by Crippen LogP contribution is -2.40. The van der Waals surface area contributed by atoms with Crippen LogP contribution in [0.1, 0.15) is 24.8 Å². The first kappa shape index (κ1) is 15.0. The van der Waals surface area contributed by atoms with E-state index in [0.29, 0.717) is 11.8 Å². The molecule has 2 heterocycles. The van der Waals surface area contributed by atoms with Crippen LogP contribution in [0.3, 0.4) is 0 Å². The van der Waals surface area contributed by atoms with Crippen molar-refractivity contribution in [2.45, 2.75) is 25.7 Å². The summed E-state index contributed by atoms with van der Waals surface area (Å²) in [5.74, 6) is 0.285. The van der Waals surface area contributed by atoms with Gasteiger partial charge in [-0.1, -0.05) is 28.1 Å². The quantitative estimate of drug-likeness (QED) is 0.818. The van der Waals surface area contributed by atoms with Crippen molar-refractivity contribution in [1.82, 2.24) is 9.80 Å². The number of hydrogen-bond acceptors (Lipinski definition) is 2. The zero-order chi connectivity index (χ0) is 14.9. The molecule has 3 nitrogen and oxygen atoms in total. The molecule has 1 spiro atoms. The largest absolute Gasteiger partial charge is 0.342 e. The minimum absolute atomic E-state index is 0.285. The van der Waals surface area contributed by atoms with E-state index in [1.165, 1.54) is 32.4 Å². The average molecular weight is 351 g/mol. The number of nitrogens with zero attached hydrogens (tertiary/aromatic N) is 2. The van der Waals surface area contributed by atoms with Gasteiger partial charge in [0.2, 0.25) is 5.91 Å². The lowest BCUT2D eigenvalue weighted by atomic mass is 9.78. The number of amides is 1. The second-order valence-electron chi connectivity index (χ2n) is 6.67. The fourth-order valence-electron chi connectivity index (χ4n) is 3.54. The zero-order valence-corrected chi connectivity index (χ0v) is 14.2. The summed E-state index contributed by atoms with van der Waals surface area (Å²) in [6.07, 6.45) is 4.20. The van der Waals surface area contributed by atoms with Crippen LogP contribution in [-0.2, 0) is 11.2 Å². The Morgan fingerprint density at radius 3 is 2.43 bits per heavy atom. The van der Waals surface area contributed by atoms with Crippen molar-refractivity contribution in [2.75, 3.05) is 33.2 Å². The van der Waals surface area contributed by atoms with Gasteiger partial charge in [-0.2, -0.15) is 0 Å². The summed E-state index contributed by atoms with van der Waals surface area (Å²) in [4.78, 5) is 17.0. The van der Waals surface area contributed by atoms with Crippen LogP contribution in [0.4, 0.5) is 0 Å². The third kappa shape index (κ3) is 3.49. The molecule has 0 aromatic heterocycles. The SMILES string of the molecule is CN1CCC2(CC1)CCN(C(=O)Cc1ccc(Br)cc1)C2. The summed E-state index contributed by atoms with van der Waals surface area (Å²) in [7, 11) is 2.19. The number of halogens is 1. The first-order chi connectivity index (χ1) is 10.1. The second-order valence-corrected chi connectivity index (χ2v) is 7.59. The first-order valence-corrected chi connectivity index (χ1v) is 8.56. The summed E-state index contributed by atoms with van der Waals surface area (Å²) in [6, 6.07) is 8.07. The summed E-state index contributed by atoms with van der Waals surface area (Å²) in [6.45, 7) is 4.26. The third-order valence-electron chi connectivity index (χ3n) is 5.11. The highest BCUT2D eigenvalue weighted by Gasteiger charge is 2.41. The van der Waals surface area contributed by atoms with Crippen molar-refractivity contribution in [3.8, 4) is 0 Å². The fraction of sp³-hybridized carbons (Fsp3) is 0.588. The summed E-state index contributed by atoms with van der Waals surface area (Å²) in [5.41, 5.74) is 1.51. The number of carbonyl (C=O) groups excluding carboxylic acids is 1. The topological polar surface area (TPSA) is 23.6 Å². The van der Waals surface area contributed by atoms with E-state index in [1.54, 1.807) is 0 Å². The molecule has 2 saturated heterocycles. The smallest absolute Gasteiger partial charge is 0.227 e. The van der Waals surface area contributed by atoms with E-state index in [-0.39, 0.29) is 5.91 Å². The predicted octanol–water partition coefficient (Wildman–Crippen LogP) is 2.94. The van der Waals surface area contributed by atoms with Crippen molar-refractivity contribution < 1.29 is 4.79 Å². The molecule has 1 amide bonds. The van der Waals surface area contributed by atoms with E-state index < -0.39 is 0 Å². The summed E-state index contributed by atoms with van der Waals surface area (Å²) in [5, 5.41) is 0. The number of hydrogen-bond donors (Lipinski definition) is 0. The molecule has 21 heavy (non-hydrogen) atoms. The van der Waals surface area contributed by atoms with Crippen molar-refractivity contribution in [3.63, 3.8) is 0 Å². The van der Waals surface area contributed by atoms with Crippen LogP contribution >= 0.6 is 15.9 Å². The molecule has 0 atom stereocenters. The van der Waals surface area contributed by atoms with Gasteiger partial charge in [-0.15, -0.1) is 0 Å². The van der Waals surface area contributed by atoms with Gasteiger partial charge in [-0.25, -0.2) is 0 Å². The van der Waals surface area contributed by atoms with Crippen LogP contribution in [0.25, 0.3) is 0 Å². The van der Waals surface area contributed by atoms with Crippen LogP contribution in [0.15, 0.2) is 28.7 Å². The molecule has 0 N–H and O–H groups in total. The number of likely N-dealkylation sites (tertiary alicyclic amines) is 2. The van der Waals surface area contributed by atoms with Gasteiger partial charge in [-0.05, 0) is 62.5 Å². The van der Waals surface area contributed by atoms with Crippen molar-refractivity contribution in [1.29, 1.82) is 0 Å². The van der Waals surface area contributed by atoms with Crippen LogP contribution in [0.2, 0.25) is 0 Å². The second kappa shape index (κ2) is 6.09. The first-order valence-electron chi connectivity index (χ1n) is 7.77. The highest BCUT2D eigenvalue weighted by Crippen LogP contribution is 2.40. The van der Waals surface area contributed by atoms with Crippen molar-refractivity contribution >= 4 is 21.8 Å². The molecule has 0 radical (unpaired) electrons. The fourth-order valence-corrected chi connectivity index (χ4v) is 3.80. The van der Waals surface area contributed by atoms with Gasteiger partial charge in [0.1, 0.15) is 0 Å². The molecule has 4 heteroatoms. The molecule has 2 aliphatic rings. The average Bonchev–Trinajstić information content (AvgIpc) is 2.89. The maximum absolute atomic E-state index is 12.5. The minimum Gasteiger partial charge on any atom is -0.342 e. The maximum atomic E-state index is 12.5. The van der Waals surface area contributed by atoms with Crippen molar-refractivity contribution in [2.24, 2.45) is 5.41 Å². The van der Waals surface area contributed by atoms with Gasteiger partial charge in [0, 0.05) is 17.6 Å². The van der Waals surface area contributed by atoms with Gasteiger partial charge in [0.05, 0.1) is 6.42 Å². The van der Waals surface area contributed by atoms with E-state index in [1.807, 2.05) is 24.3 Å². The van der Waals surface area contributed by atoms with Crippen LogP contribution in [-0.4, -0.2) is 48.9 Å². The van der Waals surface area contributed by atoms with Gasteiger partial charge in [0.15, 0.2) is 0 Å². The molecule has 0 bridgehead atoms.